The van der Waals surface area contributed by atoms with Crippen LogP contribution in [0.1, 0.15) is 16.7 Å². The third-order valence-corrected chi connectivity index (χ3v) is 47.9. The van der Waals surface area contributed by atoms with Gasteiger partial charge in [-0.3, -0.25) is 13.7 Å². The van der Waals surface area contributed by atoms with Crippen molar-refractivity contribution in [2.75, 3.05) is 85.3 Å². The van der Waals surface area contributed by atoms with Crippen molar-refractivity contribution in [3.8, 4) is 0 Å². The van der Waals surface area contributed by atoms with E-state index >= 15 is 0 Å². The van der Waals surface area contributed by atoms with E-state index < -0.39 is 177 Å². The molecule has 94 heavy (non-hydrogen) atoms. The summed E-state index contributed by atoms with van der Waals surface area (Å²) in [5, 5.41) is 0. The van der Waals surface area contributed by atoms with Gasteiger partial charge < -0.3 is 151 Å². The van der Waals surface area contributed by atoms with Crippen LogP contribution in [0.4, 0.5) is 0 Å². The molecule has 0 fully saturated rings. The van der Waals surface area contributed by atoms with Gasteiger partial charge in [0.15, 0.2) is 0 Å². The Bertz CT molecular complexity index is 3230. The zero-order chi connectivity index (χ0) is 72.0. The van der Waals surface area contributed by atoms with Crippen LogP contribution in [0.3, 0.4) is 0 Å². The van der Waals surface area contributed by atoms with Crippen LogP contribution in [0.15, 0.2) is 87.5 Å². The third-order valence-electron chi connectivity index (χ3n) is 12.1. The monoisotopic (exact) mass is 1630 g/mol. The van der Waals surface area contributed by atoms with Gasteiger partial charge in [-0.05, 0) is 72.4 Å². The number of rotatable bonds is 46. The molecule has 10 unspecified atom stereocenters. The molecule has 0 aliphatic carbocycles. The lowest BCUT2D eigenvalue weighted by atomic mass is 10.2. The standard InChI is InChI=1S/C36H74O43S3Si12/c1-57-83(69-86(46,47)60-4,28-25-31-13-19-34(20-14-31)80(37,38)39)70-89(51,63-7)77-93(55,67-11)79-94(56,68-12)78-92(54,66-10)74-85(59-3,30-27-33-17-23-36(24-18-33)82(43,44)45)73-91(53,65-9)76-90(52,64-8)72-84(58-2,71-88(50,62-6)75-87(48,49)61-5)29-26-32-15-21-35(22-16-32)81(40,41)42/h13-24,46-56H,25-30H2,1-12H3,(H,37,38,39)(H,40,41,42)(H,43,44,45). The van der Waals surface area contributed by atoms with E-state index in [1.165, 1.54) is 24.3 Å². The fourth-order valence-corrected chi connectivity index (χ4v) is 42.2. The first-order valence-electron chi connectivity index (χ1n) is 25.5. The summed E-state index contributed by atoms with van der Waals surface area (Å²) in [7, 11) is -72.7. The quantitative estimate of drug-likeness (QED) is 0.0185. The molecule has 0 aliphatic rings. The summed E-state index contributed by atoms with van der Waals surface area (Å²) in [6.07, 6.45) is -1.06. The summed E-state index contributed by atoms with van der Waals surface area (Å²) in [5.74, 6) is 0. The molecular formula is C36H74O43S3Si12. The second-order valence-electron chi connectivity index (χ2n) is 18.2. The Labute approximate surface area is 551 Å². The molecule has 14 N–H and O–H groups in total. The Morgan fingerprint density at radius 3 is 0.617 bits per heavy atom. The highest BCUT2D eigenvalue weighted by atomic mass is 32.2. The van der Waals surface area contributed by atoms with Crippen molar-refractivity contribution < 1.29 is 190 Å². The Morgan fingerprint density at radius 2 is 0.436 bits per heavy atom. The van der Waals surface area contributed by atoms with E-state index in [1.807, 2.05) is 0 Å². The van der Waals surface area contributed by atoms with E-state index in [1.54, 1.807) is 0 Å². The molecule has 10 atom stereocenters. The van der Waals surface area contributed by atoms with E-state index in [0.717, 1.165) is 98.3 Å². The van der Waals surface area contributed by atoms with Crippen molar-refractivity contribution in [1.82, 2.24) is 0 Å². The predicted octanol–water partition coefficient (Wildman–Crippen LogP) is -5.95. The van der Waals surface area contributed by atoms with Gasteiger partial charge in [-0.2, -0.15) is 25.3 Å². The van der Waals surface area contributed by atoms with Gasteiger partial charge in [0.2, 0.25) is 0 Å². The topological polar surface area (TPSA) is 598 Å². The summed E-state index contributed by atoms with van der Waals surface area (Å²) in [6.45, 7) is 0. The predicted molar refractivity (Wildman–Crippen MR) is 324 cm³/mol. The molecule has 0 radical (unpaired) electrons. The molecule has 58 heteroatoms. The summed E-state index contributed by atoms with van der Waals surface area (Å²) in [6, 6.07) is 11.0. The van der Waals surface area contributed by atoms with Crippen molar-refractivity contribution in [3.05, 3.63) is 89.5 Å². The maximum atomic E-state index is 12.3. The molecule has 0 amide bonds. The molecule has 542 valence electrons. The van der Waals surface area contributed by atoms with E-state index in [2.05, 4.69) is 8.85 Å². The minimum atomic E-state index is -6.06. The van der Waals surface area contributed by atoms with Gasteiger partial charge in [0.25, 0.3) is 30.4 Å². The van der Waals surface area contributed by atoms with Crippen LogP contribution in [0.25, 0.3) is 0 Å². The van der Waals surface area contributed by atoms with Gasteiger partial charge in [0.05, 0.1) is 14.7 Å². The number of benzene rings is 3. The first kappa shape index (κ1) is 86.9. The van der Waals surface area contributed by atoms with E-state index in [9.17, 15) is 91.7 Å². The molecule has 0 aromatic heterocycles. The van der Waals surface area contributed by atoms with Crippen LogP contribution in [-0.4, -0.2) is 285 Å². The Morgan fingerprint density at radius 1 is 0.255 bits per heavy atom. The van der Waals surface area contributed by atoms with Crippen LogP contribution >= 0.6 is 0 Å². The molecule has 0 saturated heterocycles. The summed E-state index contributed by atoms with van der Waals surface area (Å²) in [4.78, 5) is 124. The van der Waals surface area contributed by atoms with Gasteiger partial charge in [-0.1, -0.05) is 36.4 Å². The Kier molecular flexibility index (Phi) is 31.9. The zero-order valence-corrected chi connectivity index (χ0v) is 65.9. The average Bonchev–Trinajstić information content (AvgIpc) is 0.781. The molecule has 0 bridgehead atoms. The Hall–Kier alpha value is -1.37. The lowest BCUT2D eigenvalue weighted by molar-refractivity contribution is -0.0388. The van der Waals surface area contributed by atoms with Crippen LogP contribution in [-0.2, 0) is 148 Å². The lowest BCUT2D eigenvalue weighted by Crippen LogP contribution is -2.72. The Balaban J connectivity index is 2.19. The van der Waals surface area contributed by atoms with E-state index in [0.29, 0.717) is 35.5 Å². The highest BCUT2D eigenvalue weighted by molar-refractivity contribution is 7.86. The minimum Gasteiger partial charge on any atom is -0.378 e. The second-order valence-corrected chi connectivity index (χ2v) is 51.5. The third kappa shape index (κ3) is 26.2. The maximum absolute atomic E-state index is 12.3. The van der Waals surface area contributed by atoms with Crippen LogP contribution in [0.2, 0.25) is 18.1 Å². The highest BCUT2D eigenvalue weighted by Crippen LogP contribution is 2.35. The van der Waals surface area contributed by atoms with Gasteiger partial charge in [-0.15, -0.1) is 0 Å². The fourth-order valence-electron chi connectivity index (χ4n) is 7.12. The molecule has 43 nitrogen and oxygen atoms in total. The number of hydrogen-bond donors (Lipinski definition) is 14. The van der Waals surface area contributed by atoms with Crippen molar-refractivity contribution in [2.45, 2.75) is 52.1 Å². The van der Waals surface area contributed by atoms with Crippen LogP contribution in [0, 0.1) is 0 Å². The molecule has 3 rings (SSSR count). The molecule has 0 heterocycles. The number of hydrogen-bond acceptors (Lipinski definition) is 40. The fraction of sp³-hybridized carbons (Fsp3) is 0.500. The van der Waals surface area contributed by atoms with Crippen molar-refractivity contribution in [2.24, 2.45) is 0 Å². The zero-order valence-electron chi connectivity index (χ0n) is 51.5. The maximum Gasteiger partial charge on any atom is 0.668 e. The SMILES string of the molecule is CO[Si](O)(O)O[Si](O)(OC)O[Si](CCc1ccc(S(=O)(=O)O)cc1)(OC)O[Si](O)(OC)O[Si](O)(OC)O[Si](CCc1ccc(S(=O)(=O)O)cc1)(OC)O[Si](O)(OC)O[Si](O)(OC)O[Si](O)(OC)O[Si](O)(OC)O[Si](CCc1ccc(S(=O)(=O)O)cc1)(OC)O[Si](O)(O)OC. The first-order valence-corrected chi connectivity index (χ1v) is 50.8. The van der Waals surface area contributed by atoms with Gasteiger partial charge >= 0.3 is 108 Å². The molecule has 3 aromatic rings. The number of aryl methyl sites for hydroxylation is 3. The average molecular weight is 1630 g/mol. The first-order chi connectivity index (χ1) is 43.1. The van der Waals surface area contributed by atoms with Crippen molar-refractivity contribution in [3.63, 3.8) is 0 Å². The van der Waals surface area contributed by atoms with E-state index in [-0.39, 0.29) is 29.5 Å². The molecule has 3 aromatic carbocycles. The summed E-state index contributed by atoms with van der Waals surface area (Å²) in [5.41, 5.74) is 0.613. The lowest BCUT2D eigenvalue weighted by Gasteiger charge is -2.41. The van der Waals surface area contributed by atoms with Gasteiger partial charge in [0, 0.05) is 103 Å². The van der Waals surface area contributed by atoms with Crippen LogP contribution < -0.4 is 0 Å². The van der Waals surface area contributed by atoms with Crippen LogP contribution in [0.5, 0.6) is 0 Å². The molecule has 0 spiro atoms. The molecule has 0 aliphatic heterocycles. The van der Waals surface area contributed by atoms with Crippen molar-refractivity contribution in [1.29, 1.82) is 0 Å². The second kappa shape index (κ2) is 34.5. The van der Waals surface area contributed by atoms with Gasteiger partial charge in [-0.25, -0.2) is 0 Å². The van der Waals surface area contributed by atoms with Crippen molar-refractivity contribution >= 4 is 138 Å². The minimum absolute atomic E-state index is 0.139. The molecule has 0 saturated carbocycles. The smallest absolute Gasteiger partial charge is 0.378 e. The summed E-state index contributed by atoms with van der Waals surface area (Å²) >= 11 is 0. The molecular weight excluding hydrogens is 1550 g/mol. The van der Waals surface area contributed by atoms with E-state index in [4.69, 9.17) is 89.5 Å². The normalized spacial score (nSPS) is 19.6. The van der Waals surface area contributed by atoms with Gasteiger partial charge in [0.1, 0.15) is 0 Å². The highest BCUT2D eigenvalue weighted by Gasteiger charge is 2.71. The summed E-state index contributed by atoms with van der Waals surface area (Å²) < 4.78 is 223. The largest absolute Gasteiger partial charge is 0.668 e.